The van der Waals surface area contributed by atoms with Gasteiger partial charge >= 0.3 is 6.18 Å². The molecule has 1 heterocycles. The molecular formula is C11H9F3N2S. The van der Waals surface area contributed by atoms with E-state index < -0.39 is 11.7 Å². The van der Waals surface area contributed by atoms with Crippen LogP contribution in [-0.4, -0.2) is 10.9 Å². The van der Waals surface area contributed by atoms with Crippen molar-refractivity contribution in [2.24, 2.45) is 10.7 Å². The molecule has 0 fully saturated rings. The summed E-state index contributed by atoms with van der Waals surface area (Å²) in [4.78, 5) is 4.08. The summed E-state index contributed by atoms with van der Waals surface area (Å²) in [6.07, 6.45) is -2.47. The number of aliphatic imine (C=N–C) groups is 1. The van der Waals surface area contributed by atoms with Crippen molar-refractivity contribution >= 4 is 22.6 Å². The number of nitrogens with zero attached hydrogens (tertiary/aromatic N) is 1. The average Bonchev–Trinajstić information content (AvgIpc) is 2.28. The van der Waals surface area contributed by atoms with Crippen LogP contribution in [-0.2, 0) is 6.18 Å². The number of halogens is 3. The maximum atomic E-state index is 12.4. The number of alkyl halides is 3. The molecule has 1 aliphatic rings. The third-order valence-electron chi connectivity index (χ3n) is 2.25. The monoisotopic (exact) mass is 258 g/mol. The Kier molecular flexibility index (Phi) is 3.15. The van der Waals surface area contributed by atoms with Crippen LogP contribution < -0.4 is 5.73 Å². The van der Waals surface area contributed by atoms with Gasteiger partial charge in [-0.05, 0) is 23.8 Å². The molecule has 0 aliphatic carbocycles. The highest BCUT2D eigenvalue weighted by atomic mass is 32.2. The molecule has 1 aliphatic heterocycles. The van der Waals surface area contributed by atoms with Gasteiger partial charge in [0.05, 0.1) is 11.3 Å². The SMILES string of the molecule is NC1=NC(c2ccc(C(F)(F)F)cc2)=CCS1. The number of hydrogen-bond acceptors (Lipinski definition) is 3. The molecule has 0 amide bonds. The van der Waals surface area contributed by atoms with Gasteiger partial charge in [0.15, 0.2) is 5.17 Å². The minimum absolute atomic E-state index is 0.433. The molecule has 17 heavy (non-hydrogen) atoms. The van der Waals surface area contributed by atoms with Crippen LogP contribution in [0.2, 0.25) is 0 Å². The molecule has 2 nitrogen and oxygen atoms in total. The molecular weight excluding hydrogens is 249 g/mol. The maximum Gasteiger partial charge on any atom is 0.416 e. The second-order valence-corrected chi connectivity index (χ2v) is 4.47. The molecule has 0 unspecified atom stereocenters. The van der Waals surface area contributed by atoms with E-state index in [9.17, 15) is 13.2 Å². The van der Waals surface area contributed by atoms with Crippen molar-refractivity contribution < 1.29 is 13.2 Å². The smallest absolute Gasteiger partial charge is 0.378 e. The summed E-state index contributed by atoms with van der Waals surface area (Å²) in [6, 6.07) is 4.90. The largest absolute Gasteiger partial charge is 0.416 e. The van der Waals surface area contributed by atoms with E-state index in [1.165, 1.54) is 23.9 Å². The van der Waals surface area contributed by atoms with Crippen LogP contribution in [0.15, 0.2) is 35.3 Å². The molecule has 0 atom stereocenters. The maximum absolute atomic E-state index is 12.4. The van der Waals surface area contributed by atoms with E-state index in [1.807, 2.05) is 6.08 Å². The number of amidine groups is 1. The van der Waals surface area contributed by atoms with E-state index in [4.69, 9.17) is 5.73 Å². The van der Waals surface area contributed by atoms with Crippen molar-refractivity contribution in [1.82, 2.24) is 0 Å². The van der Waals surface area contributed by atoms with E-state index in [-0.39, 0.29) is 0 Å². The summed E-state index contributed by atoms with van der Waals surface area (Å²) in [5, 5.41) is 0.433. The first-order valence-electron chi connectivity index (χ1n) is 4.81. The number of rotatable bonds is 1. The predicted molar refractivity (Wildman–Crippen MR) is 63.5 cm³/mol. The Morgan fingerprint density at radius 2 is 1.82 bits per heavy atom. The van der Waals surface area contributed by atoms with Crippen LogP contribution >= 0.6 is 11.8 Å². The zero-order chi connectivity index (χ0) is 12.5. The first kappa shape index (κ1) is 12.0. The van der Waals surface area contributed by atoms with Crippen molar-refractivity contribution in [1.29, 1.82) is 0 Å². The Morgan fingerprint density at radius 1 is 1.18 bits per heavy atom. The summed E-state index contributed by atoms with van der Waals surface area (Å²) in [5.41, 5.74) is 6.15. The van der Waals surface area contributed by atoms with Crippen molar-refractivity contribution in [2.75, 3.05) is 5.75 Å². The van der Waals surface area contributed by atoms with Gasteiger partial charge in [-0.2, -0.15) is 13.2 Å². The van der Waals surface area contributed by atoms with Crippen molar-refractivity contribution in [2.45, 2.75) is 6.18 Å². The van der Waals surface area contributed by atoms with E-state index >= 15 is 0 Å². The second-order valence-electron chi connectivity index (χ2n) is 3.43. The van der Waals surface area contributed by atoms with Crippen molar-refractivity contribution in [3.63, 3.8) is 0 Å². The lowest BCUT2D eigenvalue weighted by Gasteiger charge is -2.11. The van der Waals surface area contributed by atoms with Crippen LogP contribution in [0, 0.1) is 0 Å². The molecule has 1 aromatic rings. The summed E-state index contributed by atoms with van der Waals surface area (Å²) >= 11 is 1.40. The molecule has 0 radical (unpaired) electrons. The van der Waals surface area contributed by atoms with Gasteiger partial charge in [0, 0.05) is 5.75 Å². The quantitative estimate of drug-likeness (QED) is 0.840. The fourth-order valence-electron chi connectivity index (χ4n) is 1.41. The van der Waals surface area contributed by atoms with Crippen molar-refractivity contribution in [3.8, 4) is 0 Å². The molecule has 90 valence electrons. The summed E-state index contributed by atoms with van der Waals surface area (Å²) in [7, 11) is 0. The molecule has 0 saturated heterocycles. The fraction of sp³-hybridized carbons (Fsp3) is 0.182. The predicted octanol–water partition coefficient (Wildman–Crippen LogP) is 3.11. The Hall–Kier alpha value is -1.43. The van der Waals surface area contributed by atoms with E-state index in [0.717, 1.165) is 12.1 Å². The second kappa shape index (κ2) is 4.44. The number of benzene rings is 1. The third-order valence-corrected chi connectivity index (χ3v) is 2.97. The number of thioether (sulfide) groups is 1. The van der Waals surface area contributed by atoms with Crippen LogP contribution in [0.5, 0.6) is 0 Å². The van der Waals surface area contributed by atoms with Gasteiger partial charge in [-0.3, -0.25) is 0 Å². The molecule has 2 rings (SSSR count). The van der Waals surface area contributed by atoms with Gasteiger partial charge in [-0.25, -0.2) is 4.99 Å². The molecule has 0 saturated carbocycles. The summed E-state index contributed by atoms with van der Waals surface area (Å²) < 4.78 is 37.1. The standard InChI is InChI=1S/C11H9F3N2S/c12-11(13,14)8-3-1-7(2-4-8)9-5-6-17-10(15)16-9/h1-5H,6H2,(H2,15,16). The Balaban J connectivity index is 2.28. The minimum atomic E-state index is -4.31. The third kappa shape index (κ3) is 2.82. The molecule has 6 heteroatoms. The van der Waals surface area contributed by atoms with Gasteiger partial charge in [-0.1, -0.05) is 23.9 Å². The lowest BCUT2D eigenvalue weighted by Crippen LogP contribution is -2.10. The molecule has 0 aromatic heterocycles. The first-order chi connectivity index (χ1) is 7.97. The molecule has 2 N–H and O–H groups in total. The molecule has 0 spiro atoms. The highest BCUT2D eigenvalue weighted by Crippen LogP contribution is 2.30. The zero-order valence-corrected chi connectivity index (χ0v) is 9.48. The van der Waals surface area contributed by atoms with E-state index in [2.05, 4.69) is 4.99 Å². The topological polar surface area (TPSA) is 38.4 Å². The Bertz CT molecular complexity index is 474. The zero-order valence-electron chi connectivity index (χ0n) is 8.66. The Morgan fingerprint density at radius 3 is 2.35 bits per heavy atom. The minimum Gasteiger partial charge on any atom is -0.378 e. The summed E-state index contributed by atoms with van der Waals surface area (Å²) in [5.74, 6) is 0.686. The van der Waals surface area contributed by atoms with Gasteiger partial charge < -0.3 is 5.73 Å². The summed E-state index contributed by atoms with van der Waals surface area (Å²) in [6.45, 7) is 0. The van der Waals surface area contributed by atoms with Gasteiger partial charge in [0.25, 0.3) is 0 Å². The average molecular weight is 258 g/mol. The molecule has 0 bridgehead atoms. The number of hydrogen-bond donors (Lipinski definition) is 1. The highest BCUT2D eigenvalue weighted by molar-refractivity contribution is 8.14. The number of nitrogens with two attached hydrogens (primary N) is 1. The lowest BCUT2D eigenvalue weighted by atomic mass is 10.1. The lowest BCUT2D eigenvalue weighted by molar-refractivity contribution is -0.137. The van der Waals surface area contributed by atoms with E-state index in [1.54, 1.807) is 0 Å². The van der Waals surface area contributed by atoms with Gasteiger partial charge in [0.1, 0.15) is 0 Å². The van der Waals surface area contributed by atoms with Crippen LogP contribution in [0.4, 0.5) is 13.2 Å². The van der Waals surface area contributed by atoms with Gasteiger partial charge in [-0.15, -0.1) is 0 Å². The first-order valence-corrected chi connectivity index (χ1v) is 5.80. The highest BCUT2D eigenvalue weighted by Gasteiger charge is 2.30. The van der Waals surface area contributed by atoms with Crippen LogP contribution in [0.3, 0.4) is 0 Å². The van der Waals surface area contributed by atoms with Crippen LogP contribution in [0.25, 0.3) is 5.70 Å². The van der Waals surface area contributed by atoms with Gasteiger partial charge in [0.2, 0.25) is 0 Å². The molecule has 1 aromatic carbocycles. The normalized spacial score (nSPS) is 16.4. The fourth-order valence-corrected chi connectivity index (χ4v) is 1.99. The van der Waals surface area contributed by atoms with Crippen molar-refractivity contribution in [3.05, 3.63) is 41.5 Å². The van der Waals surface area contributed by atoms with Crippen LogP contribution in [0.1, 0.15) is 11.1 Å². The van der Waals surface area contributed by atoms with E-state index in [0.29, 0.717) is 22.2 Å². The Labute approximate surface area is 100 Å².